The zero-order valence-corrected chi connectivity index (χ0v) is 18.7. The Balaban J connectivity index is 1.08. The largest absolute Gasteiger partial charge is 0.379 e. The van der Waals surface area contributed by atoms with E-state index in [0.29, 0.717) is 17.5 Å². The van der Waals surface area contributed by atoms with Crippen LogP contribution in [0.3, 0.4) is 0 Å². The number of fused-ring (bicyclic) bond motifs is 1. The molecule has 2 fully saturated rings. The Kier molecular flexibility index (Phi) is 4.99. The number of hydrogen-bond acceptors (Lipinski definition) is 5. The van der Waals surface area contributed by atoms with Crippen molar-refractivity contribution in [2.75, 3.05) is 10.6 Å². The Morgan fingerprint density at radius 1 is 1.06 bits per heavy atom. The molecule has 33 heavy (non-hydrogen) atoms. The second kappa shape index (κ2) is 8.15. The van der Waals surface area contributed by atoms with Crippen LogP contribution in [0, 0.1) is 5.92 Å². The SMILES string of the molecule is O=C(Nc1cc(NCc2cn3cc(C4CC4)ccc3n2)ccn1)[C@H]1C[C@@H]1c1ccnc(Cl)c1. The molecular weight excluding hydrogens is 436 g/mol. The second-order valence-electron chi connectivity index (χ2n) is 8.87. The van der Waals surface area contributed by atoms with E-state index in [1.54, 1.807) is 12.4 Å². The van der Waals surface area contributed by atoms with E-state index in [0.717, 1.165) is 34.9 Å². The molecule has 4 aromatic rings. The van der Waals surface area contributed by atoms with Gasteiger partial charge in [-0.05, 0) is 66.5 Å². The number of anilines is 2. The van der Waals surface area contributed by atoms with E-state index in [-0.39, 0.29) is 17.7 Å². The molecule has 0 radical (unpaired) electrons. The molecule has 8 heteroatoms. The number of halogens is 1. The molecule has 2 aliphatic rings. The number of amides is 1. The first-order valence-electron chi connectivity index (χ1n) is 11.2. The van der Waals surface area contributed by atoms with Gasteiger partial charge in [-0.3, -0.25) is 4.79 Å². The van der Waals surface area contributed by atoms with Gasteiger partial charge in [0.05, 0.1) is 12.2 Å². The van der Waals surface area contributed by atoms with Crippen molar-refractivity contribution >= 4 is 34.7 Å². The average molecular weight is 459 g/mol. The van der Waals surface area contributed by atoms with Gasteiger partial charge < -0.3 is 15.0 Å². The standard InChI is InChI=1S/C25H23ClN6O/c26-22-9-16(5-7-27-22)20-11-21(20)25(33)31-23-10-18(6-8-28-23)29-12-19-14-32-13-17(15-1-2-15)3-4-24(32)30-19/h3-10,13-15,20-21H,1-2,11-12H2,(H2,28,29,31,33)/t20-,21+/m1/s1. The molecule has 166 valence electrons. The number of nitrogens with zero attached hydrogens (tertiary/aromatic N) is 4. The van der Waals surface area contributed by atoms with Crippen molar-refractivity contribution < 1.29 is 4.79 Å². The quantitative estimate of drug-likeness (QED) is 0.380. The number of aromatic nitrogens is 4. The van der Waals surface area contributed by atoms with Crippen LogP contribution in [0.2, 0.25) is 5.15 Å². The Morgan fingerprint density at radius 2 is 1.94 bits per heavy atom. The number of hydrogen-bond donors (Lipinski definition) is 2. The fourth-order valence-electron chi connectivity index (χ4n) is 4.33. The normalized spacial score (nSPS) is 19.4. The molecule has 2 saturated carbocycles. The molecular formula is C25H23ClN6O. The summed E-state index contributed by atoms with van der Waals surface area (Å²) in [6.45, 7) is 0.589. The summed E-state index contributed by atoms with van der Waals surface area (Å²) in [5.74, 6) is 1.34. The zero-order valence-electron chi connectivity index (χ0n) is 17.9. The van der Waals surface area contributed by atoms with Crippen molar-refractivity contribution in [3.63, 3.8) is 0 Å². The number of pyridine rings is 3. The number of carbonyl (C=O) groups excluding carboxylic acids is 1. The van der Waals surface area contributed by atoms with Crippen LogP contribution in [0.4, 0.5) is 11.5 Å². The van der Waals surface area contributed by atoms with E-state index in [2.05, 4.69) is 49.5 Å². The van der Waals surface area contributed by atoms with Gasteiger partial charge in [-0.1, -0.05) is 17.7 Å². The molecule has 7 nitrogen and oxygen atoms in total. The summed E-state index contributed by atoms with van der Waals surface area (Å²) in [4.78, 5) is 25.7. The maximum absolute atomic E-state index is 12.7. The maximum atomic E-state index is 12.7. The summed E-state index contributed by atoms with van der Waals surface area (Å²) in [6, 6.07) is 11.7. The first kappa shape index (κ1) is 20.2. The highest BCUT2D eigenvalue weighted by molar-refractivity contribution is 6.29. The molecule has 2 N–H and O–H groups in total. The lowest BCUT2D eigenvalue weighted by molar-refractivity contribution is -0.117. The zero-order chi connectivity index (χ0) is 22.4. The molecule has 4 aromatic heterocycles. The van der Waals surface area contributed by atoms with Crippen LogP contribution >= 0.6 is 11.6 Å². The number of carbonyl (C=O) groups is 1. The molecule has 2 aliphatic carbocycles. The summed E-state index contributed by atoms with van der Waals surface area (Å²) >= 11 is 5.98. The Labute approximate surface area is 196 Å². The van der Waals surface area contributed by atoms with Crippen molar-refractivity contribution in [2.24, 2.45) is 5.92 Å². The van der Waals surface area contributed by atoms with Crippen LogP contribution in [0.25, 0.3) is 5.65 Å². The topological polar surface area (TPSA) is 84.2 Å². The molecule has 0 bridgehead atoms. The summed E-state index contributed by atoms with van der Waals surface area (Å²) in [5.41, 5.74) is 5.23. The molecule has 6 rings (SSSR count). The number of imidazole rings is 1. The highest BCUT2D eigenvalue weighted by Gasteiger charge is 2.44. The maximum Gasteiger partial charge on any atom is 0.229 e. The second-order valence-corrected chi connectivity index (χ2v) is 9.25. The van der Waals surface area contributed by atoms with Crippen molar-refractivity contribution in [3.8, 4) is 0 Å². The van der Waals surface area contributed by atoms with E-state index in [1.807, 2.05) is 24.3 Å². The van der Waals surface area contributed by atoms with Gasteiger partial charge in [0.15, 0.2) is 0 Å². The lowest BCUT2D eigenvalue weighted by Gasteiger charge is -2.08. The molecule has 4 heterocycles. The third-order valence-corrected chi connectivity index (χ3v) is 6.57. The first-order valence-corrected chi connectivity index (χ1v) is 11.6. The van der Waals surface area contributed by atoms with Crippen molar-refractivity contribution in [3.05, 3.63) is 83.2 Å². The molecule has 0 aliphatic heterocycles. The van der Waals surface area contributed by atoms with E-state index in [1.165, 1.54) is 18.4 Å². The average Bonchev–Trinajstić information content (AvgIpc) is 3.74. The Morgan fingerprint density at radius 3 is 2.79 bits per heavy atom. The van der Waals surface area contributed by atoms with Crippen molar-refractivity contribution in [2.45, 2.75) is 37.6 Å². The molecule has 0 saturated heterocycles. The predicted octanol–water partition coefficient (Wildman–Crippen LogP) is 5.01. The van der Waals surface area contributed by atoms with Gasteiger partial charge in [0, 0.05) is 42.5 Å². The predicted molar refractivity (Wildman–Crippen MR) is 127 cm³/mol. The fourth-order valence-corrected chi connectivity index (χ4v) is 4.51. The van der Waals surface area contributed by atoms with Crippen LogP contribution in [0.15, 0.2) is 61.2 Å². The number of nitrogens with one attached hydrogen (secondary N) is 2. The van der Waals surface area contributed by atoms with Gasteiger partial charge in [0.1, 0.15) is 16.6 Å². The highest BCUT2D eigenvalue weighted by Crippen LogP contribution is 2.48. The molecule has 2 atom stereocenters. The number of rotatable bonds is 7. The summed E-state index contributed by atoms with van der Waals surface area (Å²) in [5, 5.41) is 6.78. The summed E-state index contributed by atoms with van der Waals surface area (Å²) in [6.07, 6.45) is 11.0. The van der Waals surface area contributed by atoms with E-state index >= 15 is 0 Å². The lowest BCUT2D eigenvalue weighted by atomic mass is 10.1. The minimum Gasteiger partial charge on any atom is -0.379 e. The van der Waals surface area contributed by atoms with E-state index < -0.39 is 0 Å². The third kappa shape index (κ3) is 4.41. The molecule has 0 aromatic carbocycles. The third-order valence-electron chi connectivity index (χ3n) is 6.36. The smallest absolute Gasteiger partial charge is 0.229 e. The van der Waals surface area contributed by atoms with Crippen LogP contribution in [0.1, 0.15) is 47.9 Å². The monoisotopic (exact) mass is 458 g/mol. The van der Waals surface area contributed by atoms with Gasteiger partial charge in [0.2, 0.25) is 5.91 Å². The Bertz CT molecular complexity index is 1350. The van der Waals surface area contributed by atoms with Gasteiger partial charge >= 0.3 is 0 Å². The van der Waals surface area contributed by atoms with Crippen molar-refractivity contribution in [1.29, 1.82) is 0 Å². The molecule has 0 spiro atoms. The first-order chi connectivity index (χ1) is 16.1. The molecule has 1 amide bonds. The van der Waals surface area contributed by atoms with E-state index in [9.17, 15) is 4.79 Å². The van der Waals surface area contributed by atoms with Crippen LogP contribution in [0.5, 0.6) is 0 Å². The van der Waals surface area contributed by atoms with Gasteiger partial charge in [-0.15, -0.1) is 0 Å². The van der Waals surface area contributed by atoms with Crippen LogP contribution < -0.4 is 10.6 Å². The van der Waals surface area contributed by atoms with Gasteiger partial charge in [-0.2, -0.15) is 0 Å². The van der Waals surface area contributed by atoms with Crippen LogP contribution in [-0.4, -0.2) is 25.3 Å². The summed E-state index contributed by atoms with van der Waals surface area (Å²) < 4.78 is 2.10. The minimum atomic E-state index is -0.0691. The molecule has 0 unspecified atom stereocenters. The lowest BCUT2D eigenvalue weighted by Crippen LogP contribution is -2.15. The summed E-state index contributed by atoms with van der Waals surface area (Å²) in [7, 11) is 0. The highest BCUT2D eigenvalue weighted by atomic mass is 35.5. The minimum absolute atomic E-state index is 0.0237. The Hall–Kier alpha value is -3.45. The van der Waals surface area contributed by atoms with Crippen molar-refractivity contribution in [1.82, 2.24) is 19.4 Å². The van der Waals surface area contributed by atoms with Gasteiger partial charge in [-0.25, -0.2) is 15.0 Å². The van der Waals surface area contributed by atoms with Gasteiger partial charge in [0.25, 0.3) is 0 Å². The van der Waals surface area contributed by atoms with Crippen LogP contribution in [-0.2, 0) is 11.3 Å². The fraction of sp³-hybridized carbons (Fsp3) is 0.280. The van der Waals surface area contributed by atoms with E-state index in [4.69, 9.17) is 16.6 Å².